The van der Waals surface area contributed by atoms with Gasteiger partial charge in [0.2, 0.25) is 0 Å². The maximum atomic E-state index is 5.15. The van der Waals surface area contributed by atoms with E-state index in [0.29, 0.717) is 0 Å². The van der Waals surface area contributed by atoms with Crippen molar-refractivity contribution in [3.63, 3.8) is 0 Å². The van der Waals surface area contributed by atoms with Crippen molar-refractivity contribution in [2.45, 2.75) is 0 Å². The fraction of sp³-hybridized carbons (Fsp3) is 0. The van der Waals surface area contributed by atoms with Crippen LogP contribution in [0, 0.1) is 43.8 Å². The third-order valence-corrected chi connectivity index (χ3v) is 1.42. The SMILES string of the molecule is [CH-]=Cc1[c-]ccs1.[U+2]. The molecule has 0 aliphatic carbocycles. The predicted molar refractivity (Wildman–Crippen MR) is 31.9 cm³/mol. The molecule has 0 saturated heterocycles. The second-order valence-corrected chi connectivity index (χ2v) is 2.04. The van der Waals surface area contributed by atoms with Gasteiger partial charge in [-0.1, -0.05) is 0 Å². The Morgan fingerprint density at radius 2 is 2.50 bits per heavy atom. The van der Waals surface area contributed by atoms with Gasteiger partial charge < -0.3 is 24.0 Å². The van der Waals surface area contributed by atoms with Crippen molar-refractivity contribution in [2.24, 2.45) is 0 Å². The van der Waals surface area contributed by atoms with E-state index in [9.17, 15) is 0 Å². The normalized spacial score (nSPS) is 7.50. The Morgan fingerprint density at radius 3 is 2.75 bits per heavy atom. The van der Waals surface area contributed by atoms with Gasteiger partial charge in [0.15, 0.2) is 0 Å². The molecule has 0 N–H and O–H groups in total. The van der Waals surface area contributed by atoms with Crippen molar-refractivity contribution in [1.82, 2.24) is 0 Å². The topological polar surface area (TPSA) is 0 Å². The molecule has 0 unspecified atom stereocenters. The average molecular weight is 346 g/mol. The van der Waals surface area contributed by atoms with E-state index in [2.05, 4.69) is 6.07 Å². The number of rotatable bonds is 1. The van der Waals surface area contributed by atoms with Crippen LogP contribution >= 0.6 is 11.3 Å². The summed E-state index contributed by atoms with van der Waals surface area (Å²) < 4.78 is 0. The largest absolute Gasteiger partial charge is 2.00 e. The average Bonchev–Trinajstić information content (AvgIpc) is 2.14. The van der Waals surface area contributed by atoms with Crippen molar-refractivity contribution in [3.05, 3.63) is 29.0 Å². The van der Waals surface area contributed by atoms with Crippen molar-refractivity contribution in [2.75, 3.05) is 0 Å². The summed E-state index contributed by atoms with van der Waals surface area (Å²) in [4.78, 5) is 1.00. The second-order valence-electron chi connectivity index (χ2n) is 1.10. The maximum absolute atomic E-state index is 5.15. The Labute approximate surface area is 77.0 Å². The van der Waals surface area contributed by atoms with Gasteiger partial charge in [-0.3, -0.25) is 10.9 Å². The molecule has 1 aromatic heterocycles. The molecule has 38 valence electrons. The van der Waals surface area contributed by atoms with Crippen LogP contribution in [0.1, 0.15) is 4.88 Å². The predicted octanol–water partition coefficient (Wildman–Crippen LogP) is 1.99. The molecular weight excluding hydrogens is 342 g/mol. The molecule has 0 nitrogen and oxygen atoms in total. The van der Waals surface area contributed by atoms with Gasteiger partial charge in [-0.15, -0.1) is 5.38 Å². The van der Waals surface area contributed by atoms with E-state index in [1.165, 1.54) is 0 Å². The molecule has 0 fully saturated rings. The van der Waals surface area contributed by atoms with Crippen LogP contribution in [0.15, 0.2) is 11.4 Å². The van der Waals surface area contributed by atoms with Gasteiger partial charge >= 0.3 is 31.1 Å². The van der Waals surface area contributed by atoms with E-state index in [1.807, 2.05) is 11.4 Å². The molecule has 0 bridgehead atoms. The Bertz CT molecular complexity index is 144. The summed E-state index contributed by atoms with van der Waals surface area (Å²) in [6.07, 6.45) is 1.55. The van der Waals surface area contributed by atoms with Crippen molar-refractivity contribution in [3.8, 4) is 0 Å². The van der Waals surface area contributed by atoms with E-state index in [4.69, 9.17) is 6.58 Å². The molecule has 0 amide bonds. The van der Waals surface area contributed by atoms with Crippen molar-refractivity contribution < 1.29 is 31.1 Å². The minimum Gasteiger partial charge on any atom is -0.360 e. The van der Waals surface area contributed by atoms with Gasteiger partial charge in [0.1, 0.15) is 0 Å². The van der Waals surface area contributed by atoms with Gasteiger partial charge in [0.05, 0.1) is 0 Å². The smallest absolute Gasteiger partial charge is 0.360 e. The number of thiophene rings is 1. The van der Waals surface area contributed by atoms with E-state index >= 15 is 0 Å². The van der Waals surface area contributed by atoms with E-state index in [-0.39, 0.29) is 31.1 Å². The molecule has 0 aromatic carbocycles. The van der Waals surface area contributed by atoms with Crippen LogP contribution in [0.25, 0.3) is 6.08 Å². The number of hydrogen-bond donors (Lipinski definition) is 0. The minimum absolute atomic E-state index is 0. The third kappa shape index (κ3) is 2.17. The molecule has 0 saturated carbocycles. The molecule has 1 heterocycles. The van der Waals surface area contributed by atoms with Crippen LogP contribution in [-0.4, -0.2) is 0 Å². The molecule has 1 aromatic rings. The van der Waals surface area contributed by atoms with E-state index in [0.717, 1.165) is 4.88 Å². The zero-order valence-electron chi connectivity index (χ0n) is 4.22. The molecular formula is C6H4SU. The second kappa shape index (κ2) is 4.38. The molecule has 0 aliphatic heterocycles. The van der Waals surface area contributed by atoms with Crippen LogP contribution < -0.4 is 0 Å². The summed E-state index contributed by atoms with van der Waals surface area (Å²) in [5.41, 5.74) is 0. The molecule has 0 spiro atoms. The van der Waals surface area contributed by atoms with Crippen molar-refractivity contribution >= 4 is 17.4 Å². The van der Waals surface area contributed by atoms with Gasteiger partial charge in [-0.05, 0) is 0 Å². The van der Waals surface area contributed by atoms with Crippen LogP contribution in [0.5, 0.6) is 0 Å². The first-order valence-electron chi connectivity index (χ1n) is 1.93. The standard InChI is InChI=1S/C6H4S.U/c1-2-6-4-3-5-7-6;/h1-3,5H;/q-2;+2. The zero-order chi connectivity index (χ0) is 5.11. The molecule has 0 radical (unpaired) electrons. The Balaban J connectivity index is 0.000000490. The van der Waals surface area contributed by atoms with E-state index in [1.54, 1.807) is 17.4 Å². The molecule has 1 rings (SSSR count). The Kier molecular flexibility index (Phi) is 4.65. The van der Waals surface area contributed by atoms with E-state index < -0.39 is 0 Å². The maximum Gasteiger partial charge on any atom is 2.00 e. The first-order valence-corrected chi connectivity index (χ1v) is 2.81. The summed E-state index contributed by atoms with van der Waals surface area (Å²) in [5.74, 6) is 0. The van der Waals surface area contributed by atoms with Crippen LogP contribution in [0.2, 0.25) is 0 Å². The quantitative estimate of drug-likeness (QED) is 0.683. The van der Waals surface area contributed by atoms with Gasteiger partial charge in [-0.2, -0.15) is 6.07 Å². The fourth-order valence-electron chi connectivity index (χ4n) is 0.345. The first-order chi connectivity index (χ1) is 3.43. The Hall–Kier alpha value is 0.492. The van der Waals surface area contributed by atoms with Gasteiger partial charge in [0, 0.05) is 0 Å². The third-order valence-electron chi connectivity index (χ3n) is 0.640. The number of hydrogen-bond acceptors (Lipinski definition) is 1. The summed E-state index contributed by atoms with van der Waals surface area (Å²) in [6, 6.07) is 4.78. The molecule has 0 atom stereocenters. The minimum atomic E-state index is 0. The van der Waals surface area contributed by atoms with Crippen LogP contribution in [-0.2, 0) is 0 Å². The van der Waals surface area contributed by atoms with Gasteiger partial charge in [-0.25, -0.2) is 0 Å². The van der Waals surface area contributed by atoms with Gasteiger partial charge in [0.25, 0.3) is 0 Å². The summed E-state index contributed by atoms with van der Waals surface area (Å²) in [5, 5.41) is 1.94. The van der Waals surface area contributed by atoms with Crippen LogP contribution in [0.3, 0.4) is 0 Å². The Morgan fingerprint density at radius 1 is 1.75 bits per heavy atom. The van der Waals surface area contributed by atoms with Crippen molar-refractivity contribution in [1.29, 1.82) is 0 Å². The summed E-state index contributed by atoms with van der Waals surface area (Å²) in [6.45, 7) is 5.15. The summed E-state index contributed by atoms with van der Waals surface area (Å²) >= 11 is 1.59. The molecule has 8 heavy (non-hydrogen) atoms. The fourth-order valence-corrected chi connectivity index (χ4v) is 0.842. The first kappa shape index (κ1) is 8.49. The zero-order valence-corrected chi connectivity index (χ0v) is 9.20. The molecule has 2 heteroatoms. The monoisotopic (exact) mass is 346 g/mol. The van der Waals surface area contributed by atoms with Crippen LogP contribution in [0.4, 0.5) is 0 Å². The summed E-state index contributed by atoms with van der Waals surface area (Å²) in [7, 11) is 0. The molecule has 0 aliphatic rings.